The third-order valence-corrected chi connectivity index (χ3v) is 2.31. The van der Waals surface area contributed by atoms with Crippen LogP contribution in [-0.2, 0) is 0 Å². The highest BCUT2D eigenvalue weighted by Crippen LogP contribution is 2.29. The van der Waals surface area contributed by atoms with Crippen LogP contribution in [0.4, 0.5) is 8.78 Å². The average molecular weight is 205 g/mol. The van der Waals surface area contributed by atoms with Crippen molar-refractivity contribution in [3.05, 3.63) is 33.9 Å². The third-order valence-electron chi connectivity index (χ3n) is 1.98. The highest BCUT2D eigenvalue weighted by Gasteiger charge is 2.16. The van der Waals surface area contributed by atoms with E-state index in [-0.39, 0.29) is 5.92 Å². The van der Waals surface area contributed by atoms with Crippen molar-refractivity contribution < 1.29 is 8.78 Å². The predicted octanol–water partition coefficient (Wildman–Crippen LogP) is 4.05. The van der Waals surface area contributed by atoms with E-state index in [1.54, 1.807) is 6.92 Å². The molecule has 0 spiro atoms. The van der Waals surface area contributed by atoms with Crippen molar-refractivity contribution in [2.24, 2.45) is 0 Å². The van der Waals surface area contributed by atoms with Gasteiger partial charge in [0.25, 0.3) is 0 Å². The summed E-state index contributed by atoms with van der Waals surface area (Å²) >= 11 is 5.48. The van der Waals surface area contributed by atoms with E-state index in [9.17, 15) is 8.78 Å². The van der Waals surface area contributed by atoms with E-state index in [2.05, 4.69) is 0 Å². The smallest absolute Gasteiger partial charge is 0.148 e. The Bertz CT molecular complexity index is 332. The van der Waals surface area contributed by atoms with E-state index in [1.165, 1.54) is 6.07 Å². The van der Waals surface area contributed by atoms with Crippen molar-refractivity contribution in [1.29, 1.82) is 0 Å². The van der Waals surface area contributed by atoms with Gasteiger partial charge in [-0.25, -0.2) is 8.78 Å². The van der Waals surface area contributed by atoms with Crippen LogP contribution in [0.15, 0.2) is 6.07 Å². The van der Waals surface area contributed by atoms with Gasteiger partial charge in [0, 0.05) is 0 Å². The molecule has 0 atom stereocenters. The molecule has 0 aromatic heterocycles. The molecule has 0 fully saturated rings. The van der Waals surface area contributed by atoms with Crippen molar-refractivity contribution in [3.8, 4) is 0 Å². The van der Waals surface area contributed by atoms with Crippen molar-refractivity contribution in [2.75, 3.05) is 0 Å². The fourth-order valence-electron chi connectivity index (χ4n) is 1.18. The minimum absolute atomic E-state index is 0.0109. The number of hydrogen-bond donors (Lipinski definition) is 0. The fraction of sp³-hybridized carbons (Fsp3) is 0.400. The summed E-state index contributed by atoms with van der Waals surface area (Å²) in [6.45, 7) is 5.25. The third kappa shape index (κ3) is 1.83. The molecule has 72 valence electrons. The zero-order valence-corrected chi connectivity index (χ0v) is 8.54. The molecule has 0 unspecified atom stereocenters. The van der Waals surface area contributed by atoms with Gasteiger partial charge >= 0.3 is 0 Å². The molecule has 0 aliphatic carbocycles. The van der Waals surface area contributed by atoms with Gasteiger partial charge in [-0.05, 0) is 30.0 Å². The van der Waals surface area contributed by atoms with Crippen molar-refractivity contribution in [3.63, 3.8) is 0 Å². The Kier molecular flexibility index (Phi) is 2.91. The Hall–Kier alpha value is -0.630. The van der Waals surface area contributed by atoms with Gasteiger partial charge in [-0.1, -0.05) is 25.4 Å². The molecule has 1 aromatic carbocycles. The first-order valence-corrected chi connectivity index (χ1v) is 4.47. The van der Waals surface area contributed by atoms with Crippen LogP contribution in [0.1, 0.15) is 30.9 Å². The van der Waals surface area contributed by atoms with Crippen LogP contribution in [0.5, 0.6) is 0 Å². The van der Waals surface area contributed by atoms with Crippen LogP contribution in [0, 0.1) is 18.6 Å². The van der Waals surface area contributed by atoms with E-state index in [1.807, 2.05) is 13.8 Å². The first-order valence-electron chi connectivity index (χ1n) is 4.09. The van der Waals surface area contributed by atoms with Crippen molar-refractivity contribution >= 4 is 11.6 Å². The lowest BCUT2D eigenvalue weighted by molar-refractivity contribution is 0.561. The molecular formula is C10H11ClF2. The Morgan fingerprint density at radius 3 is 2.23 bits per heavy atom. The SMILES string of the molecule is Cc1cc(C(C)C)c(F)c(Cl)c1F. The Morgan fingerprint density at radius 2 is 1.77 bits per heavy atom. The summed E-state index contributed by atoms with van der Waals surface area (Å²) in [4.78, 5) is 0. The number of aryl methyl sites for hydroxylation is 1. The lowest BCUT2D eigenvalue weighted by Crippen LogP contribution is -1.98. The molecule has 1 rings (SSSR count). The molecule has 1 aromatic rings. The lowest BCUT2D eigenvalue weighted by atomic mass is 10.0. The molecule has 3 heteroatoms. The molecule has 0 saturated heterocycles. The minimum Gasteiger partial charge on any atom is -0.205 e. The molecule has 0 heterocycles. The maximum absolute atomic E-state index is 13.3. The largest absolute Gasteiger partial charge is 0.205 e. The van der Waals surface area contributed by atoms with Gasteiger partial charge in [0.2, 0.25) is 0 Å². The quantitative estimate of drug-likeness (QED) is 0.606. The molecule has 0 aliphatic heterocycles. The van der Waals surface area contributed by atoms with Crippen LogP contribution in [0.3, 0.4) is 0 Å². The van der Waals surface area contributed by atoms with Gasteiger partial charge < -0.3 is 0 Å². The number of hydrogen-bond acceptors (Lipinski definition) is 0. The topological polar surface area (TPSA) is 0 Å². The molecule has 0 amide bonds. The maximum Gasteiger partial charge on any atom is 0.148 e. The summed E-state index contributed by atoms with van der Waals surface area (Å²) in [5, 5.41) is -0.399. The second-order valence-electron chi connectivity index (χ2n) is 3.38. The van der Waals surface area contributed by atoms with Gasteiger partial charge in [0.05, 0.1) is 0 Å². The molecule has 0 bridgehead atoms. The zero-order chi connectivity index (χ0) is 10.2. The van der Waals surface area contributed by atoms with E-state index >= 15 is 0 Å². The van der Waals surface area contributed by atoms with Crippen LogP contribution < -0.4 is 0 Å². The maximum atomic E-state index is 13.3. The Balaban J connectivity index is 3.41. The standard InChI is InChI=1S/C10H11ClF2/c1-5(2)7-4-6(3)9(12)8(11)10(7)13/h4-5H,1-3H3. The number of benzene rings is 1. The average Bonchev–Trinajstić information content (AvgIpc) is 2.07. The summed E-state index contributed by atoms with van der Waals surface area (Å²) in [6.07, 6.45) is 0. The van der Waals surface area contributed by atoms with Crippen LogP contribution in [-0.4, -0.2) is 0 Å². The van der Waals surface area contributed by atoms with E-state index in [0.717, 1.165) is 0 Å². The fourth-order valence-corrected chi connectivity index (χ4v) is 1.43. The van der Waals surface area contributed by atoms with Gasteiger partial charge in [0.1, 0.15) is 16.7 Å². The summed E-state index contributed by atoms with van der Waals surface area (Å²) in [6, 6.07) is 1.50. The van der Waals surface area contributed by atoms with Crippen LogP contribution in [0.25, 0.3) is 0 Å². The molecule has 0 nitrogen and oxygen atoms in total. The normalized spacial score (nSPS) is 11.0. The van der Waals surface area contributed by atoms with Gasteiger partial charge in [-0.15, -0.1) is 0 Å². The lowest BCUT2D eigenvalue weighted by Gasteiger charge is -2.10. The zero-order valence-electron chi connectivity index (χ0n) is 7.79. The summed E-state index contributed by atoms with van der Waals surface area (Å²) < 4.78 is 26.4. The number of rotatable bonds is 1. The van der Waals surface area contributed by atoms with Crippen molar-refractivity contribution in [1.82, 2.24) is 0 Å². The highest BCUT2D eigenvalue weighted by molar-refractivity contribution is 6.31. The molecular weight excluding hydrogens is 194 g/mol. The molecule has 0 N–H and O–H groups in total. The summed E-state index contributed by atoms with van der Waals surface area (Å²) in [5.41, 5.74) is 0.846. The molecule has 0 aliphatic rings. The van der Waals surface area contributed by atoms with E-state index < -0.39 is 16.7 Å². The van der Waals surface area contributed by atoms with Gasteiger partial charge in [-0.2, -0.15) is 0 Å². The Morgan fingerprint density at radius 1 is 1.23 bits per heavy atom. The first kappa shape index (κ1) is 10.5. The highest BCUT2D eigenvalue weighted by atomic mass is 35.5. The number of halogens is 3. The predicted molar refractivity (Wildman–Crippen MR) is 50.2 cm³/mol. The second kappa shape index (κ2) is 3.62. The van der Waals surface area contributed by atoms with E-state index in [4.69, 9.17) is 11.6 Å². The summed E-state index contributed by atoms with van der Waals surface area (Å²) in [5.74, 6) is -1.29. The second-order valence-corrected chi connectivity index (χ2v) is 3.76. The minimum atomic E-state index is -0.663. The van der Waals surface area contributed by atoms with Crippen molar-refractivity contribution in [2.45, 2.75) is 26.7 Å². The van der Waals surface area contributed by atoms with Crippen LogP contribution in [0.2, 0.25) is 5.02 Å². The van der Waals surface area contributed by atoms with Gasteiger partial charge in [0.15, 0.2) is 0 Å². The van der Waals surface area contributed by atoms with Gasteiger partial charge in [-0.3, -0.25) is 0 Å². The first-order chi connectivity index (χ1) is 5.95. The van der Waals surface area contributed by atoms with Crippen LogP contribution >= 0.6 is 11.6 Å². The molecule has 0 radical (unpaired) electrons. The van der Waals surface area contributed by atoms with E-state index in [0.29, 0.717) is 11.1 Å². The molecule has 13 heavy (non-hydrogen) atoms. The Labute approximate surface area is 81.5 Å². The molecule has 0 saturated carbocycles. The summed E-state index contributed by atoms with van der Waals surface area (Å²) in [7, 11) is 0. The monoisotopic (exact) mass is 204 g/mol.